The molecule has 0 unspecified atom stereocenters. The van der Waals surface area contributed by atoms with Crippen LogP contribution in [0.2, 0.25) is 0 Å². The fourth-order valence-electron chi connectivity index (χ4n) is 4.35. The molecular weight excluding hydrogens is 482 g/mol. The highest BCUT2D eigenvalue weighted by atomic mass is 16.5. The van der Waals surface area contributed by atoms with Gasteiger partial charge < -0.3 is 25.8 Å². The van der Waals surface area contributed by atoms with Gasteiger partial charge in [-0.3, -0.25) is 4.79 Å². The molecule has 8 heteroatoms. The quantitative estimate of drug-likeness (QED) is 0.252. The second kappa shape index (κ2) is 12.8. The topological polar surface area (TPSA) is 117 Å². The van der Waals surface area contributed by atoms with Crippen molar-refractivity contribution in [2.24, 2.45) is 0 Å². The maximum Gasteiger partial charge on any atom is 0.326 e. The first-order chi connectivity index (χ1) is 18.1. The molecule has 0 aliphatic carbocycles. The number of rotatable bonds is 10. The minimum absolute atomic E-state index is 0.164. The van der Waals surface area contributed by atoms with Crippen molar-refractivity contribution >= 4 is 29.3 Å². The Hall–Kier alpha value is -4.33. The fourth-order valence-corrected chi connectivity index (χ4v) is 4.35. The van der Waals surface area contributed by atoms with Gasteiger partial charge in [-0.2, -0.15) is 0 Å². The van der Waals surface area contributed by atoms with Gasteiger partial charge in [-0.25, -0.2) is 9.59 Å². The molecule has 3 rings (SSSR count). The summed E-state index contributed by atoms with van der Waals surface area (Å²) in [6.45, 7) is 7.78. The molecule has 0 spiro atoms. The van der Waals surface area contributed by atoms with Gasteiger partial charge in [-0.1, -0.05) is 55.7 Å². The molecule has 38 heavy (non-hydrogen) atoms. The predicted octanol–water partition coefficient (Wildman–Crippen LogP) is 6.30. The summed E-state index contributed by atoms with van der Waals surface area (Å²) in [7, 11) is 1.59. The standard InChI is InChI=1S/C30H35N3O5/c1-6-7-8-25(29(35)36)31-28(34)24-14-11-22(21-9-12-23(38-5)13-10-21)17-26(24)32-30(37)33-27-19(3)15-18(2)16-20(27)4/h9-17,25H,6-8H2,1-5H3,(H,31,34)(H,35,36)(H2,32,33,37)/t25-/m0/s1. The number of urea groups is 1. The number of methoxy groups -OCH3 is 1. The Morgan fingerprint density at radius 1 is 0.895 bits per heavy atom. The molecule has 0 aliphatic heterocycles. The van der Waals surface area contributed by atoms with Crippen molar-refractivity contribution in [1.82, 2.24) is 5.32 Å². The lowest BCUT2D eigenvalue weighted by Crippen LogP contribution is -2.41. The molecule has 8 nitrogen and oxygen atoms in total. The summed E-state index contributed by atoms with van der Waals surface area (Å²) in [5, 5.41) is 17.9. The number of unbranched alkanes of at least 4 members (excludes halogenated alkanes) is 1. The highest BCUT2D eigenvalue weighted by Gasteiger charge is 2.23. The van der Waals surface area contributed by atoms with E-state index in [2.05, 4.69) is 16.0 Å². The second-order valence-corrected chi connectivity index (χ2v) is 9.35. The van der Waals surface area contributed by atoms with Crippen molar-refractivity contribution in [2.75, 3.05) is 17.7 Å². The van der Waals surface area contributed by atoms with Crippen LogP contribution in [0.5, 0.6) is 5.75 Å². The van der Waals surface area contributed by atoms with Gasteiger partial charge in [0.1, 0.15) is 11.8 Å². The lowest BCUT2D eigenvalue weighted by Gasteiger charge is -2.18. The number of carbonyl (C=O) groups is 3. The van der Waals surface area contributed by atoms with Crippen LogP contribution in [0.25, 0.3) is 11.1 Å². The van der Waals surface area contributed by atoms with Gasteiger partial charge >= 0.3 is 12.0 Å². The molecule has 3 aromatic carbocycles. The molecule has 0 aromatic heterocycles. The van der Waals surface area contributed by atoms with Crippen molar-refractivity contribution < 1.29 is 24.2 Å². The van der Waals surface area contributed by atoms with Crippen molar-refractivity contribution in [3.05, 3.63) is 76.9 Å². The molecule has 3 amide bonds. The van der Waals surface area contributed by atoms with Gasteiger partial charge in [-0.15, -0.1) is 0 Å². The van der Waals surface area contributed by atoms with Gasteiger partial charge in [0.15, 0.2) is 0 Å². The number of anilines is 2. The molecule has 0 bridgehead atoms. The first kappa shape index (κ1) is 28.2. The fraction of sp³-hybridized carbons (Fsp3) is 0.300. The van der Waals surface area contributed by atoms with Crippen LogP contribution < -0.4 is 20.7 Å². The van der Waals surface area contributed by atoms with Crippen molar-refractivity contribution in [3.63, 3.8) is 0 Å². The van der Waals surface area contributed by atoms with Crippen LogP contribution >= 0.6 is 0 Å². The molecule has 0 saturated carbocycles. The molecule has 1 atom stereocenters. The SMILES string of the molecule is CCCC[C@H](NC(=O)c1ccc(-c2ccc(OC)cc2)cc1NC(=O)Nc1c(C)cc(C)cc1C)C(=O)O. The predicted molar refractivity (Wildman–Crippen MR) is 150 cm³/mol. The van der Waals surface area contributed by atoms with E-state index in [-0.39, 0.29) is 11.3 Å². The van der Waals surface area contributed by atoms with Crippen LogP contribution in [-0.2, 0) is 4.79 Å². The molecule has 4 N–H and O–H groups in total. The highest BCUT2D eigenvalue weighted by molar-refractivity contribution is 6.08. The number of carboxylic acids is 1. The third-order valence-electron chi connectivity index (χ3n) is 6.30. The van der Waals surface area contributed by atoms with E-state index in [0.717, 1.165) is 34.2 Å². The Balaban J connectivity index is 1.95. The van der Waals surface area contributed by atoms with E-state index in [9.17, 15) is 19.5 Å². The molecule has 0 fully saturated rings. The number of benzene rings is 3. The van der Waals surface area contributed by atoms with E-state index in [1.165, 1.54) is 0 Å². The minimum Gasteiger partial charge on any atom is -0.497 e. The first-order valence-corrected chi connectivity index (χ1v) is 12.6. The van der Waals surface area contributed by atoms with Crippen LogP contribution in [0.1, 0.15) is 53.2 Å². The minimum atomic E-state index is -1.10. The number of carbonyl (C=O) groups excluding carboxylic acids is 2. The number of nitrogens with one attached hydrogen (secondary N) is 3. The summed E-state index contributed by atoms with van der Waals surface area (Å²) in [6.07, 6.45) is 1.79. The number of aryl methyl sites for hydroxylation is 3. The Labute approximate surface area is 223 Å². The van der Waals surface area contributed by atoms with Gasteiger partial charge in [0, 0.05) is 5.69 Å². The van der Waals surface area contributed by atoms with Crippen LogP contribution in [0, 0.1) is 20.8 Å². The maximum atomic E-state index is 13.2. The molecule has 0 aliphatic rings. The van der Waals surface area contributed by atoms with E-state index in [4.69, 9.17) is 4.74 Å². The highest BCUT2D eigenvalue weighted by Crippen LogP contribution is 2.28. The van der Waals surface area contributed by atoms with Gasteiger partial charge in [0.25, 0.3) is 5.91 Å². The van der Waals surface area contributed by atoms with Crippen LogP contribution in [0.3, 0.4) is 0 Å². The van der Waals surface area contributed by atoms with Gasteiger partial charge in [0.05, 0.1) is 18.4 Å². The lowest BCUT2D eigenvalue weighted by molar-refractivity contribution is -0.139. The van der Waals surface area contributed by atoms with E-state index >= 15 is 0 Å². The van der Waals surface area contributed by atoms with Crippen LogP contribution in [0.15, 0.2) is 54.6 Å². The normalized spacial score (nSPS) is 11.4. The third-order valence-corrected chi connectivity index (χ3v) is 6.30. The van der Waals surface area contributed by atoms with E-state index in [1.807, 2.05) is 64.1 Å². The van der Waals surface area contributed by atoms with E-state index in [0.29, 0.717) is 24.3 Å². The largest absolute Gasteiger partial charge is 0.497 e. The zero-order valence-electron chi connectivity index (χ0n) is 22.5. The average molecular weight is 518 g/mol. The van der Waals surface area contributed by atoms with E-state index < -0.39 is 23.9 Å². The van der Waals surface area contributed by atoms with Gasteiger partial charge in [-0.05, 0) is 73.7 Å². The summed E-state index contributed by atoms with van der Waals surface area (Å²) in [6, 6.07) is 14.9. The third kappa shape index (κ3) is 7.12. The van der Waals surface area contributed by atoms with Crippen molar-refractivity contribution in [1.29, 1.82) is 0 Å². The van der Waals surface area contributed by atoms with Crippen molar-refractivity contribution in [2.45, 2.75) is 53.0 Å². The molecule has 0 radical (unpaired) electrons. The average Bonchev–Trinajstić information content (AvgIpc) is 2.88. The molecule has 200 valence electrons. The number of amides is 3. The number of ether oxygens (including phenoxy) is 1. The summed E-state index contributed by atoms with van der Waals surface area (Å²) < 4.78 is 5.23. The van der Waals surface area contributed by atoms with Crippen molar-refractivity contribution in [3.8, 4) is 16.9 Å². The zero-order valence-corrected chi connectivity index (χ0v) is 22.5. The molecule has 0 heterocycles. The molecular formula is C30H35N3O5. The summed E-state index contributed by atoms with van der Waals surface area (Å²) in [4.78, 5) is 38.0. The Bertz CT molecular complexity index is 1290. The number of hydrogen-bond acceptors (Lipinski definition) is 4. The number of carboxylic acid groups (broad SMARTS) is 1. The Morgan fingerprint density at radius 2 is 1.53 bits per heavy atom. The smallest absolute Gasteiger partial charge is 0.326 e. The first-order valence-electron chi connectivity index (χ1n) is 12.6. The van der Waals surface area contributed by atoms with Gasteiger partial charge in [0.2, 0.25) is 0 Å². The Kier molecular flexibility index (Phi) is 9.49. The zero-order chi connectivity index (χ0) is 27.8. The number of aliphatic carboxylic acids is 1. The van der Waals surface area contributed by atoms with Crippen LogP contribution in [0.4, 0.5) is 16.2 Å². The summed E-state index contributed by atoms with van der Waals surface area (Å²) in [5.41, 5.74) is 5.67. The maximum absolute atomic E-state index is 13.2. The number of hydrogen-bond donors (Lipinski definition) is 4. The lowest BCUT2D eigenvalue weighted by atomic mass is 10.0. The Morgan fingerprint density at radius 3 is 2.11 bits per heavy atom. The monoisotopic (exact) mass is 517 g/mol. The second-order valence-electron chi connectivity index (χ2n) is 9.35. The summed E-state index contributed by atoms with van der Waals surface area (Å²) in [5.74, 6) is -0.967. The summed E-state index contributed by atoms with van der Waals surface area (Å²) >= 11 is 0. The van der Waals surface area contributed by atoms with Crippen LogP contribution in [-0.4, -0.2) is 36.2 Å². The molecule has 0 saturated heterocycles. The molecule has 3 aromatic rings. The van der Waals surface area contributed by atoms with E-state index in [1.54, 1.807) is 25.3 Å².